The fraction of sp³-hybridized carbons (Fsp3) is 0.417. The predicted molar refractivity (Wildman–Crippen MR) is 70.8 cm³/mol. The van der Waals surface area contributed by atoms with Gasteiger partial charge in [-0.15, -0.1) is 11.3 Å². The SMILES string of the molecule is CC(C(=O)O)=C(C)C(=O)Nc1nc(C(C)C)cs1. The fourth-order valence-corrected chi connectivity index (χ4v) is 2.00. The van der Waals surface area contributed by atoms with Crippen LogP contribution < -0.4 is 5.32 Å². The molecular weight excluding hydrogens is 252 g/mol. The number of hydrogen-bond donors (Lipinski definition) is 2. The van der Waals surface area contributed by atoms with Crippen LogP contribution in [-0.4, -0.2) is 22.0 Å². The van der Waals surface area contributed by atoms with E-state index in [1.165, 1.54) is 25.2 Å². The van der Waals surface area contributed by atoms with Gasteiger partial charge in [-0.2, -0.15) is 0 Å². The normalized spacial score (nSPS) is 12.3. The number of hydrogen-bond acceptors (Lipinski definition) is 4. The number of nitrogens with one attached hydrogen (secondary N) is 1. The Bertz CT molecular complexity index is 503. The number of rotatable bonds is 4. The molecule has 0 unspecified atom stereocenters. The summed E-state index contributed by atoms with van der Waals surface area (Å²) in [6.07, 6.45) is 0. The van der Waals surface area contributed by atoms with Crippen molar-refractivity contribution in [1.29, 1.82) is 0 Å². The summed E-state index contributed by atoms with van der Waals surface area (Å²) in [5.74, 6) is -1.23. The average Bonchev–Trinajstić information content (AvgIpc) is 2.75. The van der Waals surface area contributed by atoms with E-state index < -0.39 is 11.9 Å². The molecule has 0 aliphatic carbocycles. The molecule has 0 saturated heterocycles. The highest BCUT2D eigenvalue weighted by molar-refractivity contribution is 7.14. The van der Waals surface area contributed by atoms with E-state index in [2.05, 4.69) is 10.3 Å². The van der Waals surface area contributed by atoms with E-state index in [1.807, 2.05) is 19.2 Å². The highest BCUT2D eigenvalue weighted by Crippen LogP contribution is 2.22. The lowest BCUT2D eigenvalue weighted by molar-refractivity contribution is -0.133. The van der Waals surface area contributed by atoms with Gasteiger partial charge in [0.05, 0.1) is 5.69 Å². The van der Waals surface area contributed by atoms with Crippen LogP contribution in [0.1, 0.15) is 39.3 Å². The van der Waals surface area contributed by atoms with Gasteiger partial charge in [0, 0.05) is 16.5 Å². The van der Waals surface area contributed by atoms with Crippen molar-refractivity contribution in [2.24, 2.45) is 0 Å². The van der Waals surface area contributed by atoms with Gasteiger partial charge in [0.1, 0.15) is 0 Å². The van der Waals surface area contributed by atoms with Crippen LogP contribution in [0.5, 0.6) is 0 Å². The monoisotopic (exact) mass is 268 g/mol. The number of aliphatic carboxylic acids is 1. The Balaban J connectivity index is 2.82. The largest absolute Gasteiger partial charge is 0.478 e. The number of amides is 1. The molecule has 0 fully saturated rings. The summed E-state index contributed by atoms with van der Waals surface area (Å²) in [4.78, 5) is 26.8. The van der Waals surface area contributed by atoms with Gasteiger partial charge < -0.3 is 5.11 Å². The highest BCUT2D eigenvalue weighted by Gasteiger charge is 2.14. The molecule has 5 nitrogen and oxygen atoms in total. The predicted octanol–water partition coefficient (Wildman–Crippen LogP) is 2.63. The third kappa shape index (κ3) is 3.40. The van der Waals surface area contributed by atoms with E-state index in [0.717, 1.165) is 5.69 Å². The van der Waals surface area contributed by atoms with Gasteiger partial charge in [-0.3, -0.25) is 10.1 Å². The van der Waals surface area contributed by atoms with Gasteiger partial charge in [-0.25, -0.2) is 9.78 Å². The number of carbonyl (C=O) groups excluding carboxylic acids is 1. The fourth-order valence-electron chi connectivity index (χ4n) is 1.13. The Morgan fingerprint density at radius 3 is 2.39 bits per heavy atom. The van der Waals surface area contributed by atoms with E-state index in [4.69, 9.17) is 5.11 Å². The first kappa shape index (κ1) is 14.4. The number of carboxylic acid groups (broad SMARTS) is 1. The van der Waals surface area contributed by atoms with Crippen LogP contribution >= 0.6 is 11.3 Å². The molecule has 0 saturated carbocycles. The lowest BCUT2D eigenvalue weighted by Crippen LogP contribution is -2.16. The smallest absolute Gasteiger partial charge is 0.331 e. The Labute approximate surface area is 110 Å². The minimum Gasteiger partial charge on any atom is -0.478 e. The van der Waals surface area contributed by atoms with Crippen molar-refractivity contribution in [2.75, 3.05) is 5.32 Å². The summed E-state index contributed by atoms with van der Waals surface area (Å²) < 4.78 is 0. The maximum absolute atomic E-state index is 11.8. The summed E-state index contributed by atoms with van der Waals surface area (Å²) >= 11 is 1.33. The van der Waals surface area contributed by atoms with Crippen LogP contribution in [0.2, 0.25) is 0 Å². The molecule has 0 aromatic carbocycles. The lowest BCUT2D eigenvalue weighted by Gasteiger charge is -2.04. The zero-order chi connectivity index (χ0) is 13.9. The van der Waals surface area contributed by atoms with Crippen molar-refractivity contribution in [3.63, 3.8) is 0 Å². The number of anilines is 1. The molecule has 0 atom stereocenters. The number of thiazole rings is 1. The second-order valence-electron chi connectivity index (χ2n) is 4.24. The molecule has 0 bridgehead atoms. The van der Waals surface area contributed by atoms with Crippen LogP contribution in [0, 0.1) is 0 Å². The zero-order valence-electron chi connectivity index (χ0n) is 10.8. The van der Waals surface area contributed by atoms with E-state index in [1.54, 1.807) is 0 Å². The zero-order valence-corrected chi connectivity index (χ0v) is 11.6. The third-order valence-corrected chi connectivity index (χ3v) is 3.33. The first-order chi connectivity index (χ1) is 8.32. The van der Waals surface area contributed by atoms with E-state index in [-0.39, 0.29) is 11.1 Å². The van der Waals surface area contributed by atoms with Crippen LogP contribution in [0.25, 0.3) is 0 Å². The van der Waals surface area contributed by atoms with Crippen LogP contribution in [0.3, 0.4) is 0 Å². The standard InChI is InChI=1S/C12H16N2O3S/c1-6(2)9-5-18-12(13-9)14-10(15)7(3)8(4)11(16)17/h5-6H,1-4H3,(H,16,17)(H,13,14,15). The summed E-state index contributed by atoms with van der Waals surface area (Å²) in [5.41, 5.74) is 1.13. The van der Waals surface area contributed by atoms with Gasteiger partial charge in [0.2, 0.25) is 0 Å². The molecule has 0 aliphatic heterocycles. The number of carboxylic acids is 1. The second kappa shape index (κ2) is 5.77. The summed E-state index contributed by atoms with van der Waals surface area (Å²) in [7, 11) is 0. The Kier molecular flexibility index (Phi) is 4.61. The molecule has 0 spiro atoms. The molecular formula is C12H16N2O3S. The van der Waals surface area contributed by atoms with Crippen molar-refractivity contribution in [3.05, 3.63) is 22.2 Å². The molecule has 6 heteroatoms. The number of nitrogens with zero attached hydrogens (tertiary/aromatic N) is 1. The first-order valence-electron chi connectivity index (χ1n) is 5.50. The average molecular weight is 268 g/mol. The summed E-state index contributed by atoms with van der Waals surface area (Å²) in [6, 6.07) is 0. The van der Waals surface area contributed by atoms with Crippen LogP contribution in [-0.2, 0) is 9.59 Å². The van der Waals surface area contributed by atoms with Gasteiger partial charge in [-0.05, 0) is 19.8 Å². The molecule has 1 rings (SSSR count). The molecule has 0 aliphatic rings. The number of carbonyl (C=O) groups is 2. The maximum atomic E-state index is 11.8. The maximum Gasteiger partial charge on any atom is 0.331 e. The quantitative estimate of drug-likeness (QED) is 0.823. The van der Waals surface area contributed by atoms with Crippen molar-refractivity contribution >= 4 is 28.3 Å². The first-order valence-corrected chi connectivity index (χ1v) is 6.38. The van der Waals surface area contributed by atoms with Crippen LogP contribution in [0.15, 0.2) is 16.5 Å². The van der Waals surface area contributed by atoms with Crippen molar-refractivity contribution in [1.82, 2.24) is 4.98 Å². The van der Waals surface area contributed by atoms with Crippen molar-refractivity contribution < 1.29 is 14.7 Å². The molecule has 1 heterocycles. The van der Waals surface area contributed by atoms with E-state index in [0.29, 0.717) is 11.0 Å². The molecule has 18 heavy (non-hydrogen) atoms. The molecule has 2 N–H and O–H groups in total. The van der Waals surface area contributed by atoms with Crippen molar-refractivity contribution in [3.8, 4) is 0 Å². The molecule has 98 valence electrons. The van der Waals surface area contributed by atoms with Gasteiger partial charge in [0.25, 0.3) is 5.91 Å². The Morgan fingerprint density at radius 1 is 1.33 bits per heavy atom. The molecule has 1 amide bonds. The van der Waals surface area contributed by atoms with Gasteiger partial charge in [-0.1, -0.05) is 13.8 Å². The third-order valence-electron chi connectivity index (χ3n) is 2.56. The van der Waals surface area contributed by atoms with E-state index in [9.17, 15) is 9.59 Å². The number of aromatic nitrogens is 1. The Morgan fingerprint density at radius 2 is 1.94 bits per heavy atom. The van der Waals surface area contributed by atoms with Gasteiger partial charge >= 0.3 is 5.97 Å². The second-order valence-corrected chi connectivity index (χ2v) is 5.10. The Hall–Kier alpha value is -1.69. The lowest BCUT2D eigenvalue weighted by atomic mass is 10.1. The van der Waals surface area contributed by atoms with Crippen molar-refractivity contribution in [2.45, 2.75) is 33.6 Å². The summed E-state index contributed by atoms with van der Waals surface area (Å²) in [5, 5.41) is 13.8. The topological polar surface area (TPSA) is 79.3 Å². The van der Waals surface area contributed by atoms with Crippen LogP contribution in [0.4, 0.5) is 5.13 Å². The minimum absolute atomic E-state index is 0.0353. The van der Waals surface area contributed by atoms with Gasteiger partial charge in [0.15, 0.2) is 5.13 Å². The van der Waals surface area contributed by atoms with E-state index >= 15 is 0 Å². The highest BCUT2D eigenvalue weighted by atomic mass is 32.1. The minimum atomic E-state index is -1.09. The molecule has 1 aromatic rings. The molecule has 1 aromatic heterocycles. The summed E-state index contributed by atoms with van der Waals surface area (Å²) in [6.45, 7) is 6.91. The molecule has 0 radical (unpaired) electrons.